The molecule has 0 bridgehead atoms. The van der Waals surface area contributed by atoms with Gasteiger partial charge in [-0.3, -0.25) is 9.59 Å². The fourth-order valence-corrected chi connectivity index (χ4v) is 4.31. The molecule has 1 heterocycles. The van der Waals surface area contributed by atoms with Crippen molar-refractivity contribution >= 4 is 23.5 Å². The van der Waals surface area contributed by atoms with Crippen LogP contribution in [0.15, 0.2) is 35.9 Å². The van der Waals surface area contributed by atoms with Crippen LogP contribution in [0.3, 0.4) is 0 Å². The Hall–Kier alpha value is -4.01. The predicted octanol–water partition coefficient (Wildman–Crippen LogP) is 5.22. The molecule has 0 saturated heterocycles. The molecule has 2 aromatic rings. The molecule has 2 aromatic carbocycles. The van der Waals surface area contributed by atoms with Crippen molar-refractivity contribution in [2.75, 3.05) is 26.1 Å². The van der Waals surface area contributed by atoms with E-state index >= 15 is 0 Å². The van der Waals surface area contributed by atoms with Crippen LogP contribution >= 0.6 is 0 Å². The van der Waals surface area contributed by atoms with Crippen molar-refractivity contribution in [3.8, 4) is 17.2 Å². The van der Waals surface area contributed by atoms with Crippen LogP contribution in [0.4, 0.5) is 5.69 Å². The van der Waals surface area contributed by atoms with E-state index in [1.54, 1.807) is 38.5 Å². The molecule has 38 heavy (non-hydrogen) atoms. The van der Waals surface area contributed by atoms with Gasteiger partial charge in [-0.25, -0.2) is 4.79 Å². The van der Waals surface area contributed by atoms with Gasteiger partial charge in [0.2, 0.25) is 5.91 Å². The first kappa shape index (κ1) is 28.6. The highest BCUT2D eigenvalue weighted by Gasteiger charge is 2.33. The van der Waals surface area contributed by atoms with Crippen LogP contribution in [0.25, 0.3) is 0 Å². The molecule has 0 aliphatic carbocycles. The van der Waals surface area contributed by atoms with Crippen LogP contribution in [-0.4, -0.2) is 43.8 Å². The van der Waals surface area contributed by atoms with Gasteiger partial charge in [0.1, 0.15) is 29.4 Å². The summed E-state index contributed by atoms with van der Waals surface area (Å²) in [6.45, 7) is 4.22. The third-order valence-corrected chi connectivity index (χ3v) is 6.43. The van der Waals surface area contributed by atoms with Crippen molar-refractivity contribution in [3.63, 3.8) is 0 Å². The number of rotatable bonds is 14. The van der Waals surface area contributed by atoms with E-state index < -0.39 is 11.9 Å². The summed E-state index contributed by atoms with van der Waals surface area (Å²) in [4.78, 5) is 35.8. The molecule has 0 spiro atoms. The Balaban J connectivity index is 1.67. The number of hydrogen-bond donors (Lipinski definition) is 2. The van der Waals surface area contributed by atoms with E-state index in [2.05, 4.69) is 5.32 Å². The van der Waals surface area contributed by atoms with Gasteiger partial charge in [0.25, 0.3) is 0 Å². The summed E-state index contributed by atoms with van der Waals surface area (Å²) >= 11 is 0. The van der Waals surface area contributed by atoms with Crippen LogP contribution < -0.4 is 19.5 Å². The fourth-order valence-electron chi connectivity index (χ4n) is 4.31. The third-order valence-electron chi connectivity index (χ3n) is 6.43. The molecule has 204 valence electrons. The van der Waals surface area contributed by atoms with Gasteiger partial charge in [-0.15, -0.1) is 0 Å². The van der Waals surface area contributed by atoms with Crippen molar-refractivity contribution in [1.29, 1.82) is 0 Å². The van der Waals surface area contributed by atoms with Crippen molar-refractivity contribution in [1.82, 2.24) is 0 Å². The molecule has 1 amide bonds. The van der Waals surface area contributed by atoms with Crippen LogP contribution in [0.5, 0.6) is 17.2 Å². The van der Waals surface area contributed by atoms with E-state index in [-0.39, 0.29) is 18.9 Å². The summed E-state index contributed by atoms with van der Waals surface area (Å²) in [7, 11) is 3.16. The van der Waals surface area contributed by atoms with Crippen LogP contribution in [0, 0.1) is 6.92 Å². The molecular weight excluding hydrogens is 490 g/mol. The van der Waals surface area contributed by atoms with Crippen molar-refractivity contribution in [3.05, 3.63) is 58.2 Å². The Kier molecular flexibility index (Phi) is 10.2. The number of carboxylic acids is 1. The summed E-state index contributed by atoms with van der Waals surface area (Å²) < 4.78 is 22.3. The van der Waals surface area contributed by atoms with E-state index in [0.717, 1.165) is 22.3 Å². The molecule has 9 heteroatoms. The zero-order valence-corrected chi connectivity index (χ0v) is 22.3. The SMILES string of the molecule is COc1ccc(NC(=O)CCCCOc2c(CC=C(C)CCC(=O)O)c(OC)c(C)c3c2C(=O)OC3)cc1. The second kappa shape index (κ2) is 13.5. The second-order valence-corrected chi connectivity index (χ2v) is 9.13. The molecule has 0 radical (unpaired) electrons. The summed E-state index contributed by atoms with van der Waals surface area (Å²) in [6, 6.07) is 7.12. The lowest BCUT2D eigenvalue weighted by molar-refractivity contribution is -0.137. The minimum absolute atomic E-state index is 0.0460. The molecule has 0 aromatic heterocycles. The molecule has 0 atom stereocenters. The van der Waals surface area contributed by atoms with E-state index in [9.17, 15) is 14.4 Å². The van der Waals surface area contributed by atoms with Gasteiger partial charge < -0.3 is 29.4 Å². The highest BCUT2D eigenvalue weighted by molar-refractivity contribution is 5.98. The largest absolute Gasteiger partial charge is 0.497 e. The van der Waals surface area contributed by atoms with Gasteiger partial charge in [-0.2, -0.15) is 0 Å². The van der Waals surface area contributed by atoms with E-state index in [1.165, 1.54) is 0 Å². The molecule has 2 N–H and O–H groups in total. The zero-order chi connectivity index (χ0) is 27.7. The Morgan fingerprint density at radius 3 is 2.45 bits per heavy atom. The minimum Gasteiger partial charge on any atom is -0.497 e. The molecule has 1 aliphatic heterocycles. The van der Waals surface area contributed by atoms with Crippen molar-refractivity contribution < 1.29 is 38.4 Å². The van der Waals surface area contributed by atoms with Gasteiger partial charge in [-0.05, 0) is 69.4 Å². The number of aliphatic carboxylic acids is 1. The van der Waals surface area contributed by atoms with E-state index in [0.29, 0.717) is 67.2 Å². The number of carbonyl (C=O) groups excluding carboxylic acids is 2. The lowest BCUT2D eigenvalue weighted by atomic mass is 9.94. The number of cyclic esters (lactones) is 1. The second-order valence-electron chi connectivity index (χ2n) is 9.13. The molecule has 0 unspecified atom stereocenters. The maximum absolute atomic E-state index is 12.6. The first-order chi connectivity index (χ1) is 18.2. The molecule has 0 saturated carbocycles. The highest BCUT2D eigenvalue weighted by atomic mass is 16.5. The number of fused-ring (bicyclic) bond motifs is 1. The van der Waals surface area contributed by atoms with Gasteiger partial charge in [-0.1, -0.05) is 11.6 Å². The number of esters is 1. The highest BCUT2D eigenvalue weighted by Crippen LogP contribution is 2.43. The normalized spacial score (nSPS) is 12.5. The Morgan fingerprint density at radius 2 is 1.79 bits per heavy atom. The van der Waals surface area contributed by atoms with Gasteiger partial charge >= 0.3 is 11.9 Å². The number of ether oxygens (including phenoxy) is 4. The Labute approximate surface area is 222 Å². The molecule has 3 rings (SSSR count). The quantitative estimate of drug-likeness (QED) is 0.196. The topological polar surface area (TPSA) is 120 Å². The number of allylic oxidation sites excluding steroid dienone is 2. The first-order valence-electron chi connectivity index (χ1n) is 12.6. The maximum atomic E-state index is 12.6. The van der Waals surface area contributed by atoms with Gasteiger partial charge in [0.05, 0.1) is 20.8 Å². The molecule has 1 aliphatic rings. The van der Waals surface area contributed by atoms with Gasteiger partial charge in [0.15, 0.2) is 0 Å². The summed E-state index contributed by atoms with van der Waals surface area (Å²) in [5.41, 5.74) is 4.31. The smallest absolute Gasteiger partial charge is 0.342 e. The number of amides is 1. The summed E-state index contributed by atoms with van der Waals surface area (Å²) in [5.74, 6) is 0.376. The average Bonchev–Trinajstić information content (AvgIpc) is 3.29. The van der Waals surface area contributed by atoms with Gasteiger partial charge in [0, 0.05) is 29.7 Å². The number of nitrogens with one attached hydrogen (secondary N) is 1. The number of methoxy groups -OCH3 is 2. The summed E-state index contributed by atoms with van der Waals surface area (Å²) in [6.07, 6.45) is 4.34. The third kappa shape index (κ3) is 7.27. The van der Waals surface area contributed by atoms with E-state index in [4.69, 9.17) is 24.1 Å². The molecular formula is C29H35NO8. The number of unbranched alkanes of at least 4 members (excludes halogenated alkanes) is 1. The van der Waals surface area contributed by atoms with Crippen LogP contribution in [-0.2, 0) is 27.4 Å². The number of hydrogen-bond acceptors (Lipinski definition) is 7. The Morgan fingerprint density at radius 1 is 1.05 bits per heavy atom. The number of anilines is 1. The van der Waals surface area contributed by atoms with Crippen LogP contribution in [0.1, 0.15) is 66.1 Å². The lowest BCUT2D eigenvalue weighted by Crippen LogP contribution is -2.12. The average molecular weight is 526 g/mol. The van der Waals surface area contributed by atoms with E-state index in [1.807, 2.05) is 19.9 Å². The molecule has 9 nitrogen and oxygen atoms in total. The summed E-state index contributed by atoms with van der Waals surface area (Å²) in [5, 5.41) is 11.8. The lowest BCUT2D eigenvalue weighted by Gasteiger charge is -2.19. The molecule has 0 fully saturated rings. The first-order valence-corrected chi connectivity index (χ1v) is 12.6. The predicted molar refractivity (Wildman–Crippen MR) is 142 cm³/mol. The van der Waals surface area contributed by atoms with Crippen LogP contribution in [0.2, 0.25) is 0 Å². The van der Waals surface area contributed by atoms with Crippen molar-refractivity contribution in [2.45, 2.75) is 59.0 Å². The van der Waals surface area contributed by atoms with Crippen molar-refractivity contribution in [2.24, 2.45) is 0 Å². The zero-order valence-electron chi connectivity index (χ0n) is 22.3. The fraction of sp³-hybridized carbons (Fsp3) is 0.414. The minimum atomic E-state index is -0.854. The Bertz CT molecular complexity index is 1200. The number of benzene rings is 2. The monoisotopic (exact) mass is 525 g/mol. The number of carboxylic acid groups (broad SMARTS) is 1. The number of carbonyl (C=O) groups is 3. The maximum Gasteiger partial charge on any atom is 0.342 e. The standard InChI is InChI=1S/C29H35NO8/c1-18(9-15-25(32)33)8-14-22-27(36-4)19(2)23-17-38-29(34)26(23)28(22)37-16-6-5-7-24(31)30-20-10-12-21(35-3)13-11-20/h8,10-13H,5-7,9,14-17H2,1-4H3,(H,30,31)(H,32,33).